The number of benzene rings is 9. The van der Waals surface area contributed by atoms with Crippen molar-refractivity contribution in [1.29, 1.82) is 0 Å². The standard InChI is InChI=1S/C51H34N2O/c1-2-49-52-45-17-9-10-18-46(45)53(49)38-25-22-33-28-36(21-20-34(33)29-38)50-40-15-6-7-16-41(40)51(44-30-35(23-26-42(44)50)32-12-4-3-5-13-32)37-24-27-48-43(31-37)39-14-8-11-19-47(39)54-48/h3-31H,2H2,1H3. The summed E-state index contributed by atoms with van der Waals surface area (Å²) < 4.78 is 8.56. The number of aromatic nitrogens is 2. The molecular formula is C51H34N2O. The average Bonchev–Trinajstić information content (AvgIpc) is 3.80. The normalized spacial score (nSPS) is 11.9. The number of rotatable bonds is 5. The van der Waals surface area contributed by atoms with E-state index in [2.05, 4.69) is 175 Å². The van der Waals surface area contributed by atoms with E-state index in [0.717, 1.165) is 50.9 Å². The summed E-state index contributed by atoms with van der Waals surface area (Å²) in [5, 5.41) is 9.60. The maximum Gasteiger partial charge on any atom is 0.135 e. The molecule has 0 atom stereocenters. The van der Waals surface area contributed by atoms with Crippen LogP contribution >= 0.6 is 0 Å². The molecule has 0 aliphatic rings. The van der Waals surface area contributed by atoms with Gasteiger partial charge < -0.3 is 4.42 Å². The van der Waals surface area contributed by atoms with Crippen molar-refractivity contribution in [1.82, 2.24) is 9.55 Å². The number of imidazole rings is 1. The predicted octanol–water partition coefficient (Wildman–Crippen LogP) is 13.9. The van der Waals surface area contributed by atoms with E-state index in [9.17, 15) is 0 Å². The first kappa shape index (κ1) is 30.6. The quantitative estimate of drug-likeness (QED) is 0.168. The Morgan fingerprint density at radius 3 is 1.91 bits per heavy atom. The molecule has 0 saturated heterocycles. The number of hydrogen-bond acceptors (Lipinski definition) is 2. The number of para-hydroxylation sites is 3. The lowest BCUT2D eigenvalue weighted by Gasteiger charge is -2.19. The Hall–Kier alpha value is -6.97. The second kappa shape index (κ2) is 12.0. The summed E-state index contributed by atoms with van der Waals surface area (Å²) >= 11 is 0. The number of nitrogens with zero attached hydrogens (tertiary/aromatic N) is 2. The van der Waals surface area contributed by atoms with E-state index in [0.29, 0.717) is 0 Å². The van der Waals surface area contributed by atoms with Crippen LogP contribution in [-0.2, 0) is 6.42 Å². The number of fused-ring (bicyclic) bond motifs is 7. The highest BCUT2D eigenvalue weighted by Crippen LogP contribution is 2.46. The summed E-state index contributed by atoms with van der Waals surface area (Å²) in [4.78, 5) is 4.94. The molecule has 54 heavy (non-hydrogen) atoms. The molecule has 2 aromatic heterocycles. The molecule has 0 unspecified atom stereocenters. The summed E-state index contributed by atoms with van der Waals surface area (Å²) in [5.41, 5.74) is 12.4. The molecule has 0 amide bonds. The Morgan fingerprint density at radius 1 is 0.444 bits per heavy atom. The van der Waals surface area contributed by atoms with Gasteiger partial charge in [0.05, 0.1) is 11.0 Å². The Kier molecular flexibility index (Phi) is 6.83. The molecule has 254 valence electrons. The van der Waals surface area contributed by atoms with Crippen LogP contribution in [0.1, 0.15) is 12.7 Å². The van der Waals surface area contributed by atoms with E-state index < -0.39 is 0 Å². The maximum absolute atomic E-state index is 6.26. The molecule has 0 fully saturated rings. The van der Waals surface area contributed by atoms with Crippen LogP contribution in [0.15, 0.2) is 180 Å². The van der Waals surface area contributed by atoms with Gasteiger partial charge in [0.1, 0.15) is 17.0 Å². The molecule has 0 spiro atoms. The minimum absolute atomic E-state index is 0.861. The van der Waals surface area contributed by atoms with Gasteiger partial charge in [0, 0.05) is 22.9 Å². The van der Waals surface area contributed by atoms with Crippen molar-refractivity contribution >= 4 is 65.3 Å². The molecule has 2 heterocycles. The third-order valence-electron chi connectivity index (χ3n) is 11.1. The van der Waals surface area contributed by atoms with Crippen LogP contribution < -0.4 is 0 Å². The van der Waals surface area contributed by atoms with Crippen molar-refractivity contribution in [3.63, 3.8) is 0 Å². The molecule has 11 rings (SSSR count). The summed E-state index contributed by atoms with van der Waals surface area (Å²) in [6.45, 7) is 2.17. The summed E-state index contributed by atoms with van der Waals surface area (Å²) in [7, 11) is 0. The van der Waals surface area contributed by atoms with E-state index in [1.807, 2.05) is 12.1 Å². The van der Waals surface area contributed by atoms with Crippen LogP contribution in [0.4, 0.5) is 0 Å². The number of furan rings is 1. The zero-order valence-corrected chi connectivity index (χ0v) is 29.8. The summed E-state index contributed by atoms with van der Waals surface area (Å²) in [5.74, 6) is 1.07. The third-order valence-corrected chi connectivity index (χ3v) is 11.1. The smallest absolute Gasteiger partial charge is 0.135 e. The van der Waals surface area contributed by atoms with Crippen molar-refractivity contribution in [3.8, 4) is 39.1 Å². The van der Waals surface area contributed by atoms with Gasteiger partial charge in [0.15, 0.2) is 0 Å². The second-order valence-electron chi connectivity index (χ2n) is 14.2. The van der Waals surface area contributed by atoms with E-state index in [4.69, 9.17) is 9.40 Å². The van der Waals surface area contributed by atoms with Gasteiger partial charge in [-0.05, 0) is 120 Å². The average molecular weight is 691 g/mol. The molecule has 0 aliphatic heterocycles. The molecule has 0 N–H and O–H groups in total. The minimum atomic E-state index is 0.861. The second-order valence-corrected chi connectivity index (χ2v) is 14.2. The Balaban J connectivity index is 1.15. The first-order chi connectivity index (χ1) is 26.7. The highest BCUT2D eigenvalue weighted by atomic mass is 16.3. The van der Waals surface area contributed by atoms with Crippen LogP contribution in [0.3, 0.4) is 0 Å². The summed E-state index contributed by atoms with van der Waals surface area (Å²) in [6, 6.07) is 63.7. The van der Waals surface area contributed by atoms with E-state index in [-0.39, 0.29) is 0 Å². The largest absolute Gasteiger partial charge is 0.456 e. The maximum atomic E-state index is 6.26. The van der Waals surface area contributed by atoms with E-state index in [1.54, 1.807) is 0 Å². The number of aryl methyl sites for hydroxylation is 1. The SMILES string of the molecule is CCc1nc2ccccc2n1-c1ccc2cc(-c3c4ccccc4c(-c4ccc5oc6ccccc6c5c4)c4cc(-c5ccccc5)ccc34)ccc2c1. The van der Waals surface area contributed by atoms with Crippen molar-refractivity contribution < 1.29 is 4.42 Å². The monoisotopic (exact) mass is 690 g/mol. The zero-order valence-electron chi connectivity index (χ0n) is 29.8. The van der Waals surface area contributed by atoms with Crippen LogP contribution in [0.2, 0.25) is 0 Å². The van der Waals surface area contributed by atoms with Gasteiger partial charge in [-0.2, -0.15) is 0 Å². The van der Waals surface area contributed by atoms with Gasteiger partial charge in [-0.15, -0.1) is 0 Å². The molecule has 0 aliphatic carbocycles. The third kappa shape index (κ3) is 4.72. The highest BCUT2D eigenvalue weighted by Gasteiger charge is 2.19. The Labute approximate surface area is 312 Å². The first-order valence-corrected chi connectivity index (χ1v) is 18.7. The molecule has 0 radical (unpaired) electrons. The van der Waals surface area contributed by atoms with Crippen LogP contribution in [0, 0.1) is 0 Å². The van der Waals surface area contributed by atoms with Crippen molar-refractivity contribution in [2.75, 3.05) is 0 Å². The van der Waals surface area contributed by atoms with Gasteiger partial charge in [0.25, 0.3) is 0 Å². The van der Waals surface area contributed by atoms with E-state index >= 15 is 0 Å². The topological polar surface area (TPSA) is 31.0 Å². The fraction of sp³-hybridized carbons (Fsp3) is 0.0392. The molecule has 9 aromatic carbocycles. The van der Waals surface area contributed by atoms with Gasteiger partial charge >= 0.3 is 0 Å². The first-order valence-electron chi connectivity index (χ1n) is 18.7. The summed E-state index contributed by atoms with van der Waals surface area (Å²) in [6.07, 6.45) is 0.861. The molecule has 3 heteroatoms. The van der Waals surface area contributed by atoms with Crippen LogP contribution in [-0.4, -0.2) is 9.55 Å². The van der Waals surface area contributed by atoms with Gasteiger partial charge in [-0.25, -0.2) is 4.98 Å². The van der Waals surface area contributed by atoms with Crippen molar-refractivity contribution in [2.45, 2.75) is 13.3 Å². The van der Waals surface area contributed by atoms with Gasteiger partial charge in [-0.1, -0.05) is 128 Å². The fourth-order valence-corrected chi connectivity index (χ4v) is 8.62. The number of hydrogen-bond donors (Lipinski definition) is 0. The molecular weight excluding hydrogens is 657 g/mol. The molecule has 0 saturated carbocycles. The molecule has 0 bridgehead atoms. The van der Waals surface area contributed by atoms with Gasteiger partial charge in [0.2, 0.25) is 0 Å². The lowest BCUT2D eigenvalue weighted by molar-refractivity contribution is 0.669. The predicted molar refractivity (Wildman–Crippen MR) is 227 cm³/mol. The van der Waals surface area contributed by atoms with Crippen LogP contribution in [0.25, 0.3) is 104 Å². The Morgan fingerprint density at radius 2 is 1.06 bits per heavy atom. The highest BCUT2D eigenvalue weighted by molar-refractivity contribution is 6.23. The van der Waals surface area contributed by atoms with E-state index in [1.165, 1.54) is 65.7 Å². The fourth-order valence-electron chi connectivity index (χ4n) is 8.62. The zero-order chi connectivity index (χ0) is 35.8. The Bertz CT molecular complexity index is 3260. The molecule has 11 aromatic rings. The van der Waals surface area contributed by atoms with Gasteiger partial charge in [-0.3, -0.25) is 4.57 Å². The van der Waals surface area contributed by atoms with Crippen LogP contribution in [0.5, 0.6) is 0 Å². The van der Waals surface area contributed by atoms with Crippen molar-refractivity contribution in [2.24, 2.45) is 0 Å². The minimum Gasteiger partial charge on any atom is -0.456 e. The van der Waals surface area contributed by atoms with Crippen molar-refractivity contribution in [3.05, 3.63) is 182 Å². The molecule has 3 nitrogen and oxygen atoms in total. The lowest BCUT2D eigenvalue weighted by Crippen LogP contribution is -2.00. The lowest BCUT2D eigenvalue weighted by atomic mass is 9.84.